The highest BCUT2D eigenvalue weighted by atomic mass is 32.2. The smallest absolute Gasteiger partial charge is 0.340 e. The van der Waals surface area contributed by atoms with Crippen molar-refractivity contribution in [3.63, 3.8) is 0 Å². The molecule has 8 heteroatoms. The number of hydrogen-bond donors (Lipinski definition) is 2. The number of nitrogens with one attached hydrogen (secondary N) is 1. The van der Waals surface area contributed by atoms with Crippen molar-refractivity contribution < 1.29 is 27.5 Å². The maximum atomic E-state index is 12.3. The summed E-state index contributed by atoms with van der Waals surface area (Å²) in [7, 11) is -2.35. The highest BCUT2D eigenvalue weighted by Gasteiger charge is 2.36. The molecule has 2 N–H and O–H groups in total. The molecule has 0 radical (unpaired) electrons. The van der Waals surface area contributed by atoms with Gasteiger partial charge < -0.3 is 14.3 Å². The van der Waals surface area contributed by atoms with E-state index in [1.165, 1.54) is 13.8 Å². The zero-order valence-corrected chi connectivity index (χ0v) is 12.3. The van der Waals surface area contributed by atoms with Crippen LogP contribution in [0.4, 0.5) is 0 Å². The zero-order valence-electron chi connectivity index (χ0n) is 11.5. The maximum absolute atomic E-state index is 12.3. The number of furan rings is 1. The number of sulfonamides is 1. The van der Waals surface area contributed by atoms with Crippen LogP contribution in [0.2, 0.25) is 0 Å². The van der Waals surface area contributed by atoms with E-state index in [0.29, 0.717) is 12.8 Å². The minimum Gasteiger partial charge on any atom is -0.478 e. The van der Waals surface area contributed by atoms with E-state index in [4.69, 9.17) is 14.3 Å². The minimum atomic E-state index is -3.92. The second-order valence-electron chi connectivity index (χ2n) is 4.87. The van der Waals surface area contributed by atoms with E-state index >= 15 is 0 Å². The van der Waals surface area contributed by atoms with Gasteiger partial charge in [0.15, 0.2) is 0 Å². The van der Waals surface area contributed by atoms with E-state index in [1.54, 1.807) is 7.11 Å². The molecule has 1 aliphatic rings. The normalized spacial score (nSPS) is 22.6. The van der Waals surface area contributed by atoms with Crippen molar-refractivity contribution >= 4 is 16.0 Å². The molecule has 0 amide bonds. The van der Waals surface area contributed by atoms with Gasteiger partial charge in [-0.2, -0.15) is 0 Å². The summed E-state index contributed by atoms with van der Waals surface area (Å²) in [6.07, 6.45) is 1.20. The van der Waals surface area contributed by atoms with Gasteiger partial charge >= 0.3 is 5.97 Å². The van der Waals surface area contributed by atoms with Gasteiger partial charge in [0.2, 0.25) is 10.0 Å². The Morgan fingerprint density at radius 3 is 2.45 bits per heavy atom. The quantitative estimate of drug-likeness (QED) is 0.842. The second-order valence-corrected chi connectivity index (χ2v) is 6.52. The first-order chi connectivity index (χ1) is 9.26. The topological polar surface area (TPSA) is 106 Å². The fourth-order valence-electron chi connectivity index (χ4n) is 2.37. The first-order valence-corrected chi connectivity index (χ1v) is 7.63. The standard InChI is InChI=1S/C12H17NO6S/c1-6-10(12(14)15)11(7(2)19-6)20(16,17)13-8-4-9(5-8)18-3/h8-9,13H,4-5H2,1-3H3,(H,14,15). The predicted molar refractivity (Wildman–Crippen MR) is 69.3 cm³/mol. The van der Waals surface area contributed by atoms with Crippen LogP contribution in [0.3, 0.4) is 0 Å². The van der Waals surface area contributed by atoms with Gasteiger partial charge in [-0.05, 0) is 26.7 Å². The second kappa shape index (κ2) is 5.19. The fourth-order valence-corrected chi connectivity index (χ4v) is 4.04. The van der Waals surface area contributed by atoms with Crippen molar-refractivity contribution in [2.45, 2.75) is 43.7 Å². The van der Waals surface area contributed by atoms with Crippen LogP contribution in [0.1, 0.15) is 34.7 Å². The van der Waals surface area contributed by atoms with E-state index < -0.39 is 16.0 Å². The monoisotopic (exact) mass is 303 g/mol. The third-order valence-electron chi connectivity index (χ3n) is 3.44. The van der Waals surface area contributed by atoms with Gasteiger partial charge in [-0.25, -0.2) is 17.9 Å². The molecule has 0 unspecified atom stereocenters. The molecule has 0 bridgehead atoms. The Labute approximate surface area is 117 Å². The van der Waals surface area contributed by atoms with Gasteiger partial charge in [-0.1, -0.05) is 0 Å². The van der Waals surface area contributed by atoms with Crippen molar-refractivity contribution in [3.05, 3.63) is 17.1 Å². The molecule has 1 aromatic heterocycles. The Hall–Kier alpha value is -1.38. The number of carboxylic acids is 1. The lowest BCUT2D eigenvalue weighted by atomic mass is 9.90. The molecule has 20 heavy (non-hydrogen) atoms. The van der Waals surface area contributed by atoms with Crippen molar-refractivity contribution in [3.8, 4) is 0 Å². The van der Waals surface area contributed by atoms with Crippen molar-refractivity contribution in [2.75, 3.05) is 7.11 Å². The number of aryl methyl sites for hydroxylation is 2. The molecule has 0 aliphatic heterocycles. The molecule has 1 fully saturated rings. The number of hydrogen-bond acceptors (Lipinski definition) is 5. The van der Waals surface area contributed by atoms with E-state index in [9.17, 15) is 13.2 Å². The summed E-state index contributed by atoms with van der Waals surface area (Å²) in [4.78, 5) is 10.9. The summed E-state index contributed by atoms with van der Waals surface area (Å²) in [6.45, 7) is 2.87. The van der Waals surface area contributed by atoms with E-state index in [1.807, 2.05) is 0 Å². The number of ether oxygens (including phenoxy) is 1. The highest BCUT2D eigenvalue weighted by Crippen LogP contribution is 2.29. The summed E-state index contributed by atoms with van der Waals surface area (Å²) in [5.74, 6) is -1.16. The van der Waals surface area contributed by atoms with Crippen LogP contribution in [0.25, 0.3) is 0 Å². The molecule has 1 saturated carbocycles. The molecular weight excluding hydrogens is 286 g/mol. The Morgan fingerprint density at radius 1 is 1.35 bits per heavy atom. The van der Waals surface area contributed by atoms with Gasteiger partial charge in [0.1, 0.15) is 22.0 Å². The Kier molecular flexibility index (Phi) is 3.90. The van der Waals surface area contributed by atoms with Crippen LogP contribution >= 0.6 is 0 Å². The lowest BCUT2D eigenvalue weighted by Crippen LogP contribution is -2.47. The van der Waals surface area contributed by atoms with Crippen LogP contribution in [-0.4, -0.2) is 38.7 Å². The maximum Gasteiger partial charge on any atom is 0.340 e. The molecule has 0 saturated heterocycles. The van der Waals surface area contributed by atoms with Crippen LogP contribution in [0.5, 0.6) is 0 Å². The molecule has 1 heterocycles. The number of aromatic carboxylic acids is 1. The Balaban J connectivity index is 2.29. The molecule has 1 aliphatic carbocycles. The lowest BCUT2D eigenvalue weighted by molar-refractivity contribution is 0.0236. The number of methoxy groups -OCH3 is 1. The minimum absolute atomic E-state index is 0.0498. The number of carbonyl (C=O) groups is 1. The highest BCUT2D eigenvalue weighted by molar-refractivity contribution is 7.89. The van der Waals surface area contributed by atoms with Crippen LogP contribution < -0.4 is 4.72 Å². The van der Waals surface area contributed by atoms with Crippen LogP contribution in [0, 0.1) is 13.8 Å². The first kappa shape index (κ1) is 15.0. The molecule has 0 atom stereocenters. The lowest BCUT2D eigenvalue weighted by Gasteiger charge is -2.34. The summed E-state index contributed by atoms with van der Waals surface area (Å²) < 4.78 is 37.3. The van der Waals surface area contributed by atoms with Crippen LogP contribution in [0.15, 0.2) is 9.31 Å². The number of rotatable bonds is 5. The van der Waals surface area contributed by atoms with Crippen LogP contribution in [-0.2, 0) is 14.8 Å². The molecule has 0 aromatic carbocycles. The van der Waals surface area contributed by atoms with Gasteiger partial charge in [-0.3, -0.25) is 0 Å². The van der Waals surface area contributed by atoms with Gasteiger partial charge in [0.05, 0.1) is 6.10 Å². The van der Waals surface area contributed by atoms with E-state index in [2.05, 4.69) is 4.72 Å². The average Bonchev–Trinajstić information content (AvgIpc) is 2.58. The molecule has 0 spiro atoms. The zero-order chi connectivity index (χ0) is 15.1. The largest absolute Gasteiger partial charge is 0.478 e. The summed E-state index contributed by atoms with van der Waals surface area (Å²) in [6, 6.07) is -0.235. The van der Waals surface area contributed by atoms with E-state index in [0.717, 1.165) is 0 Å². The van der Waals surface area contributed by atoms with Gasteiger partial charge in [0.25, 0.3) is 0 Å². The average molecular weight is 303 g/mol. The predicted octanol–water partition coefficient (Wildman–Crippen LogP) is 1.05. The number of carboxylic acid groups (broad SMARTS) is 1. The van der Waals surface area contributed by atoms with Crippen molar-refractivity contribution in [2.24, 2.45) is 0 Å². The Bertz CT molecular complexity index is 627. The van der Waals surface area contributed by atoms with Crippen molar-refractivity contribution in [1.82, 2.24) is 4.72 Å². The Morgan fingerprint density at radius 2 is 1.95 bits per heavy atom. The van der Waals surface area contributed by atoms with Crippen molar-refractivity contribution in [1.29, 1.82) is 0 Å². The first-order valence-electron chi connectivity index (χ1n) is 6.14. The fraction of sp³-hybridized carbons (Fsp3) is 0.583. The third kappa shape index (κ3) is 2.58. The molecule has 112 valence electrons. The summed E-state index contributed by atoms with van der Waals surface area (Å²) >= 11 is 0. The van der Waals surface area contributed by atoms with Gasteiger partial charge in [0, 0.05) is 13.2 Å². The molecule has 7 nitrogen and oxygen atoms in total. The SMILES string of the molecule is COC1CC(NS(=O)(=O)c2c(C)oc(C)c2C(=O)O)C1. The van der Waals surface area contributed by atoms with Gasteiger partial charge in [-0.15, -0.1) is 0 Å². The molecule has 2 rings (SSSR count). The molecule has 1 aromatic rings. The summed E-state index contributed by atoms with van der Waals surface area (Å²) in [5, 5.41) is 9.14. The summed E-state index contributed by atoms with van der Waals surface area (Å²) in [5.41, 5.74) is -0.308. The van der Waals surface area contributed by atoms with E-state index in [-0.39, 0.29) is 34.1 Å². The molecular formula is C12H17NO6S. The third-order valence-corrected chi connectivity index (χ3v) is 5.11.